The van der Waals surface area contributed by atoms with Crippen molar-refractivity contribution in [2.75, 3.05) is 4.90 Å². The summed E-state index contributed by atoms with van der Waals surface area (Å²) in [5.74, 6) is -0.272. The van der Waals surface area contributed by atoms with Crippen LogP contribution in [0.4, 0.5) is 10.5 Å². The van der Waals surface area contributed by atoms with Gasteiger partial charge in [0.25, 0.3) is 11.1 Å². The van der Waals surface area contributed by atoms with Gasteiger partial charge in [0, 0.05) is 0 Å². The standard InChI is InChI=1S/C16H9Br2NO3S/c17-11-6-9(7-12(18)14(11)20)8-13-15(21)19(16(22)23-13)10-4-2-1-3-5-10/h1-8,20H/b13-8-. The second-order valence-corrected chi connectivity index (χ2v) is 7.39. The molecule has 0 saturated carbocycles. The number of nitrogens with zero attached hydrogens (tertiary/aromatic N) is 1. The molecular weight excluding hydrogens is 446 g/mol. The van der Waals surface area contributed by atoms with Crippen LogP contribution in [0.25, 0.3) is 6.08 Å². The Morgan fingerprint density at radius 3 is 2.26 bits per heavy atom. The third-order valence-electron chi connectivity index (χ3n) is 3.15. The molecule has 0 aliphatic carbocycles. The van der Waals surface area contributed by atoms with Gasteiger partial charge < -0.3 is 5.11 Å². The summed E-state index contributed by atoms with van der Waals surface area (Å²) in [6.07, 6.45) is 1.63. The molecule has 2 aromatic rings. The SMILES string of the molecule is O=C1S/C(=C\c2cc(Br)c(O)c(Br)c2)C(=O)N1c1ccccc1. The summed E-state index contributed by atoms with van der Waals surface area (Å²) in [7, 11) is 0. The first-order chi connectivity index (χ1) is 11.0. The maximum absolute atomic E-state index is 12.5. The lowest BCUT2D eigenvalue weighted by Crippen LogP contribution is -2.27. The third kappa shape index (κ3) is 3.22. The first-order valence-electron chi connectivity index (χ1n) is 6.48. The monoisotopic (exact) mass is 453 g/mol. The van der Waals surface area contributed by atoms with E-state index in [2.05, 4.69) is 31.9 Å². The highest BCUT2D eigenvalue weighted by molar-refractivity contribution is 9.11. The second-order valence-electron chi connectivity index (χ2n) is 4.69. The van der Waals surface area contributed by atoms with Crippen LogP contribution >= 0.6 is 43.6 Å². The smallest absolute Gasteiger partial charge is 0.298 e. The Kier molecular flexibility index (Phi) is 4.61. The molecule has 1 heterocycles. The van der Waals surface area contributed by atoms with Gasteiger partial charge >= 0.3 is 0 Å². The van der Waals surface area contributed by atoms with Crippen LogP contribution in [0, 0.1) is 0 Å². The van der Waals surface area contributed by atoms with Gasteiger partial charge in [-0.25, -0.2) is 4.90 Å². The maximum atomic E-state index is 12.5. The van der Waals surface area contributed by atoms with Crippen molar-refractivity contribution in [3.63, 3.8) is 0 Å². The molecule has 0 bridgehead atoms. The number of benzene rings is 2. The van der Waals surface area contributed by atoms with Crippen LogP contribution in [-0.2, 0) is 4.79 Å². The van der Waals surface area contributed by atoms with Gasteiger partial charge in [0.05, 0.1) is 19.5 Å². The number of phenolic OH excluding ortho intramolecular Hbond substituents is 1. The molecule has 1 fully saturated rings. The summed E-state index contributed by atoms with van der Waals surface area (Å²) in [5.41, 5.74) is 1.24. The number of hydrogen-bond donors (Lipinski definition) is 1. The topological polar surface area (TPSA) is 57.6 Å². The summed E-state index contributed by atoms with van der Waals surface area (Å²) in [5, 5.41) is 9.40. The largest absolute Gasteiger partial charge is 0.506 e. The molecule has 23 heavy (non-hydrogen) atoms. The summed E-state index contributed by atoms with van der Waals surface area (Å²) in [6.45, 7) is 0. The average Bonchev–Trinajstić information content (AvgIpc) is 2.80. The molecule has 4 nitrogen and oxygen atoms in total. The van der Waals surface area contributed by atoms with Gasteiger partial charge in [-0.2, -0.15) is 0 Å². The van der Waals surface area contributed by atoms with Gasteiger partial charge in [-0.3, -0.25) is 9.59 Å². The first-order valence-corrected chi connectivity index (χ1v) is 8.88. The number of para-hydroxylation sites is 1. The minimum absolute atomic E-state index is 0.0829. The lowest BCUT2D eigenvalue weighted by molar-refractivity contribution is -0.113. The van der Waals surface area contributed by atoms with Crippen molar-refractivity contribution in [2.45, 2.75) is 0 Å². The number of thioether (sulfide) groups is 1. The highest BCUT2D eigenvalue weighted by Gasteiger charge is 2.36. The zero-order valence-electron chi connectivity index (χ0n) is 11.5. The fourth-order valence-electron chi connectivity index (χ4n) is 2.09. The first kappa shape index (κ1) is 16.3. The minimum atomic E-state index is -0.355. The average molecular weight is 455 g/mol. The van der Waals surface area contributed by atoms with E-state index in [9.17, 15) is 14.7 Å². The fourth-order valence-corrected chi connectivity index (χ4v) is 4.15. The molecule has 1 aliphatic heterocycles. The Hall–Kier alpha value is -1.57. The zero-order chi connectivity index (χ0) is 16.6. The Morgan fingerprint density at radius 1 is 1.04 bits per heavy atom. The molecular formula is C16H9Br2NO3S. The Labute approximate surface area is 153 Å². The van der Waals surface area contributed by atoms with E-state index in [4.69, 9.17) is 0 Å². The Balaban J connectivity index is 1.96. The number of imide groups is 1. The minimum Gasteiger partial charge on any atom is -0.506 e. The normalized spacial score (nSPS) is 16.4. The van der Waals surface area contributed by atoms with E-state index in [0.717, 1.165) is 16.7 Å². The van der Waals surface area contributed by atoms with Crippen LogP contribution < -0.4 is 4.90 Å². The van der Waals surface area contributed by atoms with Gasteiger partial charge in [0.2, 0.25) is 0 Å². The summed E-state index contributed by atoms with van der Waals surface area (Å²) < 4.78 is 1.00. The van der Waals surface area contributed by atoms with Crippen LogP contribution in [-0.4, -0.2) is 16.3 Å². The van der Waals surface area contributed by atoms with E-state index in [1.165, 1.54) is 0 Å². The van der Waals surface area contributed by atoms with Crippen LogP contribution in [0.1, 0.15) is 5.56 Å². The number of carbonyl (C=O) groups excluding carboxylic acids is 2. The molecule has 1 N–H and O–H groups in total. The summed E-state index contributed by atoms with van der Waals surface area (Å²) >= 11 is 7.38. The van der Waals surface area contributed by atoms with Gasteiger partial charge in [0.1, 0.15) is 5.75 Å². The number of hydrogen-bond acceptors (Lipinski definition) is 4. The number of amides is 2. The number of anilines is 1. The van der Waals surface area contributed by atoms with Crippen molar-refractivity contribution in [2.24, 2.45) is 0 Å². The molecule has 1 aliphatic rings. The van der Waals surface area contributed by atoms with E-state index < -0.39 is 0 Å². The number of phenols is 1. The van der Waals surface area contributed by atoms with Gasteiger partial charge in [-0.15, -0.1) is 0 Å². The van der Waals surface area contributed by atoms with Crippen molar-refractivity contribution in [3.8, 4) is 5.75 Å². The van der Waals surface area contributed by atoms with E-state index in [-0.39, 0.29) is 16.9 Å². The van der Waals surface area contributed by atoms with E-state index in [0.29, 0.717) is 25.1 Å². The second kappa shape index (κ2) is 6.51. The third-order valence-corrected chi connectivity index (χ3v) is 5.22. The van der Waals surface area contributed by atoms with Crippen molar-refractivity contribution in [1.29, 1.82) is 0 Å². The molecule has 0 radical (unpaired) electrons. The summed E-state index contributed by atoms with van der Waals surface area (Å²) in [6, 6.07) is 12.2. The molecule has 0 atom stereocenters. The molecule has 2 aromatic carbocycles. The molecule has 2 amide bonds. The molecule has 0 aromatic heterocycles. The Morgan fingerprint density at radius 2 is 1.65 bits per heavy atom. The Bertz CT molecular complexity index is 813. The number of rotatable bonds is 2. The molecule has 7 heteroatoms. The van der Waals surface area contributed by atoms with Gasteiger partial charge in [0.15, 0.2) is 0 Å². The van der Waals surface area contributed by atoms with Crippen LogP contribution in [0.3, 0.4) is 0 Å². The molecule has 0 unspecified atom stereocenters. The van der Waals surface area contributed by atoms with Crippen molar-refractivity contribution in [3.05, 3.63) is 61.9 Å². The van der Waals surface area contributed by atoms with Crippen molar-refractivity contribution in [1.82, 2.24) is 0 Å². The van der Waals surface area contributed by atoms with E-state index >= 15 is 0 Å². The lowest BCUT2D eigenvalue weighted by atomic mass is 10.2. The van der Waals surface area contributed by atoms with Crippen LogP contribution in [0.15, 0.2) is 56.3 Å². The van der Waals surface area contributed by atoms with E-state index in [1.807, 2.05) is 6.07 Å². The number of aromatic hydroxyl groups is 1. The highest BCUT2D eigenvalue weighted by atomic mass is 79.9. The van der Waals surface area contributed by atoms with Crippen LogP contribution in [0.2, 0.25) is 0 Å². The lowest BCUT2D eigenvalue weighted by Gasteiger charge is -2.11. The molecule has 116 valence electrons. The quantitative estimate of drug-likeness (QED) is 0.637. The fraction of sp³-hybridized carbons (Fsp3) is 0. The van der Waals surface area contributed by atoms with Crippen molar-refractivity contribution < 1.29 is 14.7 Å². The number of carbonyl (C=O) groups is 2. The van der Waals surface area contributed by atoms with E-state index in [1.54, 1.807) is 42.5 Å². The van der Waals surface area contributed by atoms with Crippen LogP contribution in [0.5, 0.6) is 5.75 Å². The maximum Gasteiger partial charge on any atom is 0.298 e. The van der Waals surface area contributed by atoms with Gasteiger partial charge in [-0.05, 0) is 79.5 Å². The van der Waals surface area contributed by atoms with Crippen molar-refractivity contribution >= 4 is 66.5 Å². The number of halogens is 2. The summed E-state index contributed by atoms with van der Waals surface area (Å²) in [4.78, 5) is 26.1. The molecule has 0 spiro atoms. The molecule has 3 rings (SSSR count). The molecule has 1 saturated heterocycles. The predicted octanol–water partition coefficient (Wildman–Crippen LogP) is 5.16. The van der Waals surface area contributed by atoms with Gasteiger partial charge in [-0.1, -0.05) is 18.2 Å². The highest BCUT2D eigenvalue weighted by Crippen LogP contribution is 2.38. The predicted molar refractivity (Wildman–Crippen MR) is 98.4 cm³/mol. The zero-order valence-corrected chi connectivity index (χ0v) is 15.5.